The zero-order valence-electron chi connectivity index (χ0n) is 10.3. The fourth-order valence-corrected chi connectivity index (χ4v) is 2.74. The van der Waals surface area contributed by atoms with Gasteiger partial charge in [-0.05, 0) is 13.0 Å². The first kappa shape index (κ1) is 14.3. The molecule has 2 atom stereocenters. The minimum absolute atomic E-state index is 0.165. The molecule has 4 nitrogen and oxygen atoms in total. The Morgan fingerprint density at radius 1 is 1.50 bits per heavy atom. The fraction of sp³-hybridized carbons (Fsp3) is 1.00. The lowest BCUT2D eigenvalue weighted by atomic mass is 10.2. The Kier molecular flexibility index (Phi) is 8.23. The van der Waals surface area contributed by atoms with Crippen LogP contribution < -0.4 is 10.6 Å². The summed E-state index contributed by atoms with van der Waals surface area (Å²) in [7, 11) is 3.43. The first-order valence-corrected chi connectivity index (χ1v) is 7.06. The van der Waals surface area contributed by atoms with Gasteiger partial charge in [0.2, 0.25) is 0 Å². The average Bonchev–Trinajstić information content (AvgIpc) is 2.34. The molecule has 1 fully saturated rings. The molecule has 2 unspecified atom stereocenters. The molecule has 0 aromatic rings. The molecule has 1 heterocycles. The zero-order valence-corrected chi connectivity index (χ0v) is 11.1. The molecule has 5 heteroatoms. The van der Waals surface area contributed by atoms with E-state index in [1.807, 2.05) is 11.8 Å². The minimum atomic E-state index is 0.165. The Bertz CT molecular complexity index is 159. The van der Waals surface area contributed by atoms with Gasteiger partial charge < -0.3 is 20.1 Å². The second-order valence-corrected chi connectivity index (χ2v) is 5.18. The molecule has 2 N–H and O–H groups in total. The highest BCUT2D eigenvalue weighted by atomic mass is 32.2. The van der Waals surface area contributed by atoms with Crippen molar-refractivity contribution >= 4 is 11.8 Å². The third-order valence-corrected chi connectivity index (χ3v) is 3.86. The van der Waals surface area contributed by atoms with Gasteiger partial charge in [0.15, 0.2) is 0 Å². The van der Waals surface area contributed by atoms with Crippen molar-refractivity contribution in [3.05, 3.63) is 0 Å². The third-order valence-electron chi connectivity index (χ3n) is 2.73. The van der Waals surface area contributed by atoms with Gasteiger partial charge in [0.25, 0.3) is 0 Å². The van der Waals surface area contributed by atoms with E-state index in [-0.39, 0.29) is 6.10 Å². The van der Waals surface area contributed by atoms with Gasteiger partial charge in [-0.2, -0.15) is 11.8 Å². The largest absolute Gasteiger partial charge is 0.382 e. The van der Waals surface area contributed by atoms with Gasteiger partial charge in [0.05, 0.1) is 12.7 Å². The van der Waals surface area contributed by atoms with Crippen LogP contribution in [0.5, 0.6) is 0 Å². The first-order valence-electron chi connectivity index (χ1n) is 5.90. The Morgan fingerprint density at radius 2 is 2.38 bits per heavy atom. The summed E-state index contributed by atoms with van der Waals surface area (Å²) in [6, 6.07) is 0.676. The average molecular weight is 248 g/mol. The first-order chi connectivity index (χ1) is 7.86. The van der Waals surface area contributed by atoms with Gasteiger partial charge in [0, 0.05) is 44.9 Å². The van der Waals surface area contributed by atoms with Crippen molar-refractivity contribution in [2.24, 2.45) is 0 Å². The molecule has 0 radical (unpaired) electrons. The van der Waals surface area contributed by atoms with E-state index < -0.39 is 0 Å². The Balaban J connectivity index is 1.97. The number of methoxy groups -OCH3 is 2. The van der Waals surface area contributed by atoms with Crippen molar-refractivity contribution in [1.29, 1.82) is 0 Å². The topological polar surface area (TPSA) is 42.5 Å². The van der Waals surface area contributed by atoms with Crippen LogP contribution in [0, 0.1) is 0 Å². The van der Waals surface area contributed by atoms with Crippen LogP contribution in [-0.2, 0) is 9.47 Å². The van der Waals surface area contributed by atoms with Crippen LogP contribution in [0.25, 0.3) is 0 Å². The smallest absolute Gasteiger partial charge is 0.0928 e. The molecule has 0 aromatic carbocycles. The SMILES string of the molecule is COCC(CNCCC1CSCCN1)OC. The van der Waals surface area contributed by atoms with Crippen molar-refractivity contribution < 1.29 is 9.47 Å². The molecule has 1 aliphatic heterocycles. The van der Waals surface area contributed by atoms with Crippen molar-refractivity contribution in [3.8, 4) is 0 Å². The predicted molar refractivity (Wildman–Crippen MR) is 69.3 cm³/mol. The zero-order chi connectivity index (χ0) is 11.6. The molecular weight excluding hydrogens is 224 g/mol. The lowest BCUT2D eigenvalue weighted by Crippen LogP contribution is -2.40. The van der Waals surface area contributed by atoms with E-state index in [1.165, 1.54) is 17.9 Å². The molecule has 0 spiro atoms. The number of nitrogens with one attached hydrogen (secondary N) is 2. The molecule has 1 saturated heterocycles. The van der Waals surface area contributed by atoms with Gasteiger partial charge in [-0.1, -0.05) is 0 Å². The Morgan fingerprint density at radius 3 is 3.00 bits per heavy atom. The van der Waals surface area contributed by atoms with Crippen LogP contribution >= 0.6 is 11.8 Å². The lowest BCUT2D eigenvalue weighted by molar-refractivity contribution is 0.0289. The predicted octanol–water partition coefficient (Wildman–Crippen LogP) is 0.333. The standard InChI is InChI=1S/C11H24N2O2S/c1-14-8-11(15-2)7-12-4-3-10-9-16-6-5-13-10/h10-13H,3-9H2,1-2H3. The molecule has 0 amide bonds. The maximum atomic E-state index is 5.28. The highest BCUT2D eigenvalue weighted by molar-refractivity contribution is 7.99. The quantitative estimate of drug-likeness (QED) is 0.606. The van der Waals surface area contributed by atoms with E-state index in [0.717, 1.165) is 19.6 Å². The van der Waals surface area contributed by atoms with Gasteiger partial charge in [-0.25, -0.2) is 0 Å². The van der Waals surface area contributed by atoms with Gasteiger partial charge in [0.1, 0.15) is 0 Å². The number of thioether (sulfide) groups is 1. The summed E-state index contributed by atoms with van der Waals surface area (Å²) in [5.74, 6) is 2.50. The van der Waals surface area contributed by atoms with Crippen LogP contribution in [0.4, 0.5) is 0 Å². The maximum Gasteiger partial charge on any atom is 0.0928 e. The van der Waals surface area contributed by atoms with Crippen LogP contribution in [0.1, 0.15) is 6.42 Å². The molecule has 0 bridgehead atoms. The summed E-state index contributed by atoms with van der Waals surface area (Å²) < 4.78 is 10.3. The van der Waals surface area contributed by atoms with Crippen LogP contribution in [-0.4, -0.2) is 64.1 Å². The fourth-order valence-electron chi connectivity index (χ4n) is 1.74. The highest BCUT2D eigenvalue weighted by Crippen LogP contribution is 2.09. The van der Waals surface area contributed by atoms with Crippen molar-refractivity contribution in [1.82, 2.24) is 10.6 Å². The van der Waals surface area contributed by atoms with Crippen molar-refractivity contribution in [2.75, 3.05) is 52.0 Å². The van der Waals surface area contributed by atoms with E-state index in [2.05, 4.69) is 10.6 Å². The van der Waals surface area contributed by atoms with Gasteiger partial charge >= 0.3 is 0 Å². The Hall–Kier alpha value is 0.190. The third kappa shape index (κ3) is 6.06. The Labute approximate surface area is 103 Å². The van der Waals surface area contributed by atoms with Crippen molar-refractivity contribution in [3.63, 3.8) is 0 Å². The van der Waals surface area contributed by atoms with Gasteiger partial charge in [-0.15, -0.1) is 0 Å². The van der Waals surface area contributed by atoms with E-state index in [1.54, 1.807) is 14.2 Å². The van der Waals surface area contributed by atoms with Crippen molar-refractivity contribution in [2.45, 2.75) is 18.6 Å². The number of hydrogen-bond donors (Lipinski definition) is 2. The summed E-state index contributed by atoms with van der Waals surface area (Å²) in [6.07, 6.45) is 1.36. The summed E-state index contributed by atoms with van der Waals surface area (Å²) in [5, 5.41) is 6.94. The van der Waals surface area contributed by atoms with Gasteiger partial charge in [-0.3, -0.25) is 0 Å². The van der Waals surface area contributed by atoms with Crippen LogP contribution in [0.3, 0.4) is 0 Å². The molecule has 1 rings (SSSR count). The lowest BCUT2D eigenvalue weighted by Gasteiger charge is -2.23. The highest BCUT2D eigenvalue weighted by Gasteiger charge is 2.12. The monoisotopic (exact) mass is 248 g/mol. The molecule has 0 saturated carbocycles. The van der Waals surface area contributed by atoms with E-state index in [9.17, 15) is 0 Å². The summed E-state index contributed by atoms with van der Waals surface area (Å²) in [5.41, 5.74) is 0. The second-order valence-electron chi connectivity index (χ2n) is 4.03. The molecule has 0 aromatic heterocycles. The maximum absolute atomic E-state index is 5.28. The molecule has 96 valence electrons. The molecular formula is C11H24N2O2S. The number of ether oxygens (including phenoxy) is 2. The summed E-state index contributed by atoms with van der Waals surface area (Å²) >= 11 is 2.05. The summed E-state index contributed by atoms with van der Waals surface area (Å²) in [6.45, 7) is 3.72. The van der Waals surface area contributed by atoms with E-state index in [0.29, 0.717) is 12.6 Å². The minimum Gasteiger partial charge on any atom is -0.382 e. The molecule has 16 heavy (non-hydrogen) atoms. The normalized spacial score (nSPS) is 23.2. The summed E-state index contributed by atoms with van der Waals surface area (Å²) in [4.78, 5) is 0. The number of rotatable bonds is 8. The van der Waals surface area contributed by atoms with E-state index in [4.69, 9.17) is 9.47 Å². The van der Waals surface area contributed by atoms with Crippen LogP contribution in [0.15, 0.2) is 0 Å². The van der Waals surface area contributed by atoms with E-state index >= 15 is 0 Å². The molecule has 0 aliphatic carbocycles. The number of hydrogen-bond acceptors (Lipinski definition) is 5. The molecule has 1 aliphatic rings. The second kappa shape index (κ2) is 9.24. The van der Waals surface area contributed by atoms with Crippen LogP contribution in [0.2, 0.25) is 0 Å².